The lowest BCUT2D eigenvalue weighted by Gasteiger charge is -2.33. The van der Waals surface area contributed by atoms with Gasteiger partial charge in [0.15, 0.2) is 6.04 Å². The smallest absolute Gasteiger partial charge is 0.410 e. The molecule has 1 saturated heterocycles. The molecule has 1 aliphatic heterocycles. The summed E-state index contributed by atoms with van der Waals surface area (Å²) in [6.45, 7) is 0. The number of carbonyl (C=O) groups is 1. The van der Waals surface area contributed by atoms with E-state index < -0.39 is 30.4 Å². The molecule has 0 aromatic heterocycles. The number of benzene rings is 2. The highest BCUT2D eigenvalue weighted by Crippen LogP contribution is 2.43. The van der Waals surface area contributed by atoms with Crippen molar-refractivity contribution in [3.05, 3.63) is 59.1 Å². The fraction of sp³-hybridized carbons (Fsp3) is 0.316. The highest BCUT2D eigenvalue weighted by Gasteiger charge is 2.58. The molecule has 3 atom stereocenters. The van der Waals surface area contributed by atoms with E-state index in [2.05, 4.69) is 10.1 Å². The summed E-state index contributed by atoms with van der Waals surface area (Å²) in [5, 5.41) is 3.03. The van der Waals surface area contributed by atoms with E-state index in [1.807, 2.05) is 0 Å². The maximum atomic E-state index is 14.0. The van der Waals surface area contributed by atoms with Gasteiger partial charge in [-0.1, -0.05) is 29.8 Å². The SMILES string of the molecule is COC(=O)[C@@H]1N[C@@H](c2ccccc2Cl)N(c2ccc(OC)cc2)[C@H]1C(F)(F)F. The van der Waals surface area contributed by atoms with Gasteiger partial charge < -0.3 is 14.4 Å². The predicted octanol–water partition coefficient (Wildman–Crippen LogP) is 3.93. The Kier molecular flexibility index (Phi) is 5.71. The summed E-state index contributed by atoms with van der Waals surface area (Å²) in [6.07, 6.45) is -5.69. The minimum atomic E-state index is -4.71. The zero-order valence-corrected chi connectivity index (χ0v) is 15.8. The average Bonchev–Trinajstić information content (AvgIpc) is 3.08. The molecule has 0 spiro atoms. The molecule has 0 amide bonds. The van der Waals surface area contributed by atoms with Crippen LogP contribution >= 0.6 is 11.6 Å². The van der Waals surface area contributed by atoms with Gasteiger partial charge >= 0.3 is 12.1 Å². The van der Waals surface area contributed by atoms with E-state index in [0.717, 1.165) is 12.0 Å². The van der Waals surface area contributed by atoms with Crippen molar-refractivity contribution in [3.63, 3.8) is 0 Å². The molecule has 0 radical (unpaired) electrons. The highest BCUT2D eigenvalue weighted by molar-refractivity contribution is 6.31. The third-order valence-corrected chi connectivity index (χ3v) is 4.94. The van der Waals surface area contributed by atoms with Gasteiger partial charge in [-0.15, -0.1) is 0 Å². The van der Waals surface area contributed by atoms with Crippen LogP contribution in [0.5, 0.6) is 5.75 Å². The number of anilines is 1. The first kappa shape index (κ1) is 20.3. The number of alkyl halides is 3. The van der Waals surface area contributed by atoms with Crippen molar-refractivity contribution < 1.29 is 27.4 Å². The van der Waals surface area contributed by atoms with Crippen LogP contribution in [-0.2, 0) is 9.53 Å². The van der Waals surface area contributed by atoms with Gasteiger partial charge in [0.1, 0.15) is 18.0 Å². The first-order chi connectivity index (χ1) is 13.3. The summed E-state index contributed by atoms with van der Waals surface area (Å²) in [7, 11) is 2.52. The van der Waals surface area contributed by atoms with Crippen LogP contribution in [0.25, 0.3) is 0 Å². The quantitative estimate of drug-likeness (QED) is 0.768. The predicted molar refractivity (Wildman–Crippen MR) is 98.4 cm³/mol. The van der Waals surface area contributed by atoms with Gasteiger partial charge in [-0.3, -0.25) is 10.1 Å². The molecule has 1 aliphatic rings. The maximum Gasteiger partial charge on any atom is 0.410 e. The fourth-order valence-corrected chi connectivity index (χ4v) is 3.57. The number of hydrogen-bond donors (Lipinski definition) is 1. The second-order valence-electron chi connectivity index (χ2n) is 6.18. The minimum Gasteiger partial charge on any atom is -0.497 e. The molecule has 5 nitrogen and oxygen atoms in total. The van der Waals surface area contributed by atoms with Crippen LogP contribution in [0.15, 0.2) is 48.5 Å². The molecule has 28 heavy (non-hydrogen) atoms. The number of nitrogens with one attached hydrogen (secondary N) is 1. The summed E-state index contributed by atoms with van der Waals surface area (Å²) in [6, 6.07) is 8.90. The lowest BCUT2D eigenvalue weighted by molar-refractivity contribution is -0.164. The third kappa shape index (κ3) is 3.74. The van der Waals surface area contributed by atoms with Crippen LogP contribution in [0.4, 0.5) is 18.9 Å². The molecule has 1 heterocycles. The molecule has 0 unspecified atom stereocenters. The molecule has 2 aromatic carbocycles. The Morgan fingerprint density at radius 1 is 1.11 bits per heavy atom. The van der Waals surface area contributed by atoms with Crippen LogP contribution in [0.2, 0.25) is 5.02 Å². The number of rotatable bonds is 4. The number of methoxy groups -OCH3 is 2. The molecule has 0 aliphatic carbocycles. The van der Waals surface area contributed by atoms with Crippen LogP contribution < -0.4 is 15.0 Å². The Labute approximate surface area is 165 Å². The molecule has 9 heteroatoms. The Bertz CT molecular complexity index is 845. The summed E-state index contributed by atoms with van der Waals surface area (Å²) in [5.41, 5.74) is 0.674. The van der Waals surface area contributed by atoms with Crippen molar-refractivity contribution in [2.24, 2.45) is 0 Å². The average molecular weight is 415 g/mol. The third-order valence-electron chi connectivity index (χ3n) is 4.59. The summed E-state index contributed by atoms with van der Waals surface area (Å²) in [5.74, 6) is -0.506. The van der Waals surface area contributed by atoms with E-state index in [1.165, 1.54) is 19.2 Å². The van der Waals surface area contributed by atoms with Crippen LogP contribution in [-0.4, -0.2) is 38.4 Å². The van der Waals surface area contributed by atoms with Crippen molar-refractivity contribution in [3.8, 4) is 5.75 Å². The Morgan fingerprint density at radius 2 is 1.75 bits per heavy atom. The number of carbonyl (C=O) groups excluding carboxylic acids is 1. The number of halogens is 4. The van der Waals surface area contributed by atoms with Gasteiger partial charge in [0, 0.05) is 16.3 Å². The van der Waals surface area contributed by atoms with Gasteiger partial charge in [-0.25, -0.2) is 0 Å². The van der Waals surface area contributed by atoms with E-state index in [1.54, 1.807) is 36.4 Å². The monoisotopic (exact) mass is 414 g/mol. The lowest BCUT2D eigenvalue weighted by atomic mass is 10.1. The molecule has 2 aromatic rings. The molecular weight excluding hydrogens is 397 g/mol. The van der Waals surface area contributed by atoms with Gasteiger partial charge in [-0.2, -0.15) is 13.2 Å². The molecule has 0 bridgehead atoms. The van der Waals surface area contributed by atoms with E-state index >= 15 is 0 Å². The number of nitrogens with zero attached hydrogens (tertiary/aromatic N) is 1. The lowest BCUT2D eigenvalue weighted by Crippen LogP contribution is -2.51. The summed E-state index contributed by atoms with van der Waals surface area (Å²) >= 11 is 6.24. The van der Waals surface area contributed by atoms with E-state index in [-0.39, 0.29) is 10.7 Å². The number of esters is 1. The molecule has 0 saturated carbocycles. The highest BCUT2D eigenvalue weighted by atomic mass is 35.5. The van der Waals surface area contributed by atoms with Crippen molar-refractivity contribution in [1.29, 1.82) is 0 Å². The summed E-state index contributed by atoms with van der Waals surface area (Å²) < 4.78 is 51.8. The second-order valence-corrected chi connectivity index (χ2v) is 6.59. The van der Waals surface area contributed by atoms with Crippen molar-refractivity contribution in [2.75, 3.05) is 19.1 Å². The van der Waals surface area contributed by atoms with Gasteiger partial charge in [0.25, 0.3) is 0 Å². The minimum absolute atomic E-state index is 0.256. The zero-order chi connectivity index (χ0) is 20.5. The first-order valence-corrected chi connectivity index (χ1v) is 8.73. The molecule has 1 N–H and O–H groups in total. The van der Waals surface area contributed by atoms with Crippen LogP contribution in [0, 0.1) is 0 Å². The van der Waals surface area contributed by atoms with Gasteiger partial charge in [0.05, 0.1) is 14.2 Å². The second kappa shape index (κ2) is 7.89. The van der Waals surface area contributed by atoms with E-state index in [0.29, 0.717) is 11.3 Å². The molecule has 150 valence electrons. The molecule has 1 fully saturated rings. The Balaban J connectivity index is 2.15. The van der Waals surface area contributed by atoms with Crippen molar-refractivity contribution in [1.82, 2.24) is 5.32 Å². The first-order valence-electron chi connectivity index (χ1n) is 8.35. The Morgan fingerprint density at radius 3 is 2.29 bits per heavy atom. The van der Waals surface area contributed by atoms with Crippen molar-refractivity contribution in [2.45, 2.75) is 24.4 Å². The van der Waals surface area contributed by atoms with E-state index in [9.17, 15) is 18.0 Å². The van der Waals surface area contributed by atoms with Crippen molar-refractivity contribution >= 4 is 23.3 Å². The topological polar surface area (TPSA) is 50.8 Å². The fourth-order valence-electron chi connectivity index (χ4n) is 3.33. The largest absolute Gasteiger partial charge is 0.497 e. The van der Waals surface area contributed by atoms with Gasteiger partial charge in [0.2, 0.25) is 0 Å². The van der Waals surface area contributed by atoms with E-state index in [4.69, 9.17) is 16.3 Å². The molecular formula is C19H18ClF3N2O3. The number of ether oxygens (including phenoxy) is 2. The van der Waals surface area contributed by atoms with Gasteiger partial charge in [-0.05, 0) is 30.3 Å². The molecule has 3 rings (SSSR count). The summed E-state index contributed by atoms with van der Waals surface area (Å²) in [4.78, 5) is 13.2. The maximum absolute atomic E-state index is 14.0. The zero-order valence-electron chi connectivity index (χ0n) is 15.0. The number of hydrogen-bond acceptors (Lipinski definition) is 5. The normalized spacial score (nSPS) is 22.2. The van der Waals surface area contributed by atoms with Crippen LogP contribution in [0.1, 0.15) is 11.7 Å². The standard InChI is InChI=1S/C19H18ClF3N2O3/c1-27-12-9-7-11(8-10-12)25-16(19(21,22)23)15(18(26)28-2)24-17(25)13-5-3-4-6-14(13)20/h3-10,15-17,24H,1-2H3/t15-,16-,17-/m1/s1. The van der Waals surface area contributed by atoms with Crippen LogP contribution in [0.3, 0.4) is 0 Å². The Hall–Kier alpha value is -2.45.